The van der Waals surface area contributed by atoms with Crippen LogP contribution in [0, 0.1) is 5.82 Å². The fraction of sp³-hybridized carbons (Fsp3) is 0.158. The van der Waals surface area contributed by atoms with Gasteiger partial charge >= 0.3 is 0 Å². The highest BCUT2D eigenvalue weighted by molar-refractivity contribution is 8.00. The van der Waals surface area contributed by atoms with E-state index in [4.69, 9.17) is 0 Å². The number of hydrogen-bond acceptors (Lipinski definition) is 5. The Bertz CT molecular complexity index is 1010. The van der Waals surface area contributed by atoms with Gasteiger partial charge in [-0.3, -0.25) is 14.2 Å². The highest BCUT2D eigenvalue weighted by Gasteiger charge is 2.19. The molecule has 0 bridgehead atoms. The molecule has 0 spiro atoms. The number of aromatic nitrogens is 3. The zero-order valence-electron chi connectivity index (χ0n) is 15.2. The van der Waals surface area contributed by atoms with E-state index in [-0.39, 0.29) is 11.8 Å². The van der Waals surface area contributed by atoms with Crippen molar-refractivity contribution in [3.63, 3.8) is 0 Å². The van der Waals surface area contributed by atoms with Gasteiger partial charge in [0.2, 0.25) is 11.8 Å². The van der Waals surface area contributed by atoms with E-state index in [0.717, 1.165) is 5.69 Å². The molecular formula is C19H18FN5O2S. The number of halogens is 1. The maximum Gasteiger partial charge on any atom is 0.237 e. The molecule has 2 amide bonds. The number of benzene rings is 2. The average molecular weight is 399 g/mol. The molecule has 3 aromatic rings. The molecule has 1 heterocycles. The smallest absolute Gasteiger partial charge is 0.237 e. The van der Waals surface area contributed by atoms with Gasteiger partial charge in [-0.25, -0.2) is 4.39 Å². The lowest BCUT2D eigenvalue weighted by Crippen LogP contribution is -2.22. The van der Waals surface area contributed by atoms with Crippen LogP contribution in [0.5, 0.6) is 0 Å². The van der Waals surface area contributed by atoms with E-state index >= 15 is 0 Å². The minimum atomic E-state index is -0.496. The third-order valence-electron chi connectivity index (χ3n) is 3.70. The van der Waals surface area contributed by atoms with E-state index in [9.17, 15) is 14.0 Å². The number of nitrogens with one attached hydrogen (secondary N) is 2. The van der Waals surface area contributed by atoms with Crippen LogP contribution in [0.1, 0.15) is 13.8 Å². The number of amides is 2. The van der Waals surface area contributed by atoms with E-state index in [1.807, 2.05) is 6.07 Å². The van der Waals surface area contributed by atoms with Crippen molar-refractivity contribution in [2.45, 2.75) is 24.3 Å². The molecule has 1 unspecified atom stereocenters. The molecule has 1 aromatic heterocycles. The van der Waals surface area contributed by atoms with Crippen LogP contribution < -0.4 is 10.6 Å². The highest BCUT2D eigenvalue weighted by Crippen LogP contribution is 2.26. The van der Waals surface area contributed by atoms with Crippen LogP contribution in [0.3, 0.4) is 0 Å². The summed E-state index contributed by atoms with van der Waals surface area (Å²) in [6.07, 6.45) is 1.53. The third-order valence-corrected chi connectivity index (χ3v) is 4.76. The molecule has 0 radical (unpaired) electrons. The van der Waals surface area contributed by atoms with E-state index in [1.54, 1.807) is 35.8 Å². The van der Waals surface area contributed by atoms with Crippen molar-refractivity contribution in [3.05, 3.63) is 60.7 Å². The van der Waals surface area contributed by atoms with Crippen LogP contribution >= 0.6 is 11.8 Å². The van der Waals surface area contributed by atoms with Crippen LogP contribution in [-0.2, 0) is 9.59 Å². The molecule has 0 saturated carbocycles. The third kappa shape index (κ3) is 4.95. The van der Waals surface area contributed by atoms with Crippen LogP contribution in [0.2, 0.25) is 0 Å². The zero-order chi connectivity index (χ0) is 20.1. The van der Waals surface area contributed by atoms with Gasteiger partial charge in [0.25, 0.3) is 0 Å². The maximum atomic E-state index is 13.3. The Hall–Kier alpha value is -3.20. The first-order valence-electron chi connectivity index (χ1n) is 8.43. The quantitative estimate of drug-likeness (QED) is 0.620. The molecule has 7 nitrogen and oxygen atoms in total. The first kappa shape index (κ1) is 19.6. The Morgan fingerprint density at radius 3 is 2.54 bits per heavy atom. The first-order valence-corrected chi connectivity index (χ1v) is 9.31. The minimum Gasteiger partial charge on any atom is -0.326 e. The van der Waals surface area contributed by atoms with Gasteiger partial charge in [-0.2, -0.15) is 0 Å². The van der Waals surface area contributed by atoms with Gasteiger partial charge in [0.15, 0.2) is 5.16 Å². The van der Waals surface area contributed by atoms with Gasteiger partial charge < -0.3 is 10.6 Å². The van der Waals surface area contributed by atoms with Gasteiger partial charge in [0.1, 0.15) is 12.1 Å². The molecule has 2 aromatic carbocycles. The summed E-state index contributed by atoms with van der Waals surface area (Å²) in [6, 6.07) is 12.9. The van der Waals surface area contributed by atoms with E-state index in [0.29, 0.717) is 16.5 Å². The summed E-state index contributed by atoms with van der Waals surface area (Å²) in [7, 11) is 0. The number of nitrogens with zero attached hydrogens (tertiary/aromatic N) is 3. The fourth-order valence-electron chi connectivity index (χ4n) is 2.44. The number of anilines is 2. The van der Waals surface area contributed by atoms with Crippen molar-refractivity contribution in [2.75, 3.05) is 10.6 Å². The summed E-state index contributed by atoms with van der Waals surface area (Å²) >= 11 is 1.22. The standard InChI is InChI=1S/C19H18FN5O2S/c1-12(18(27)23-15-6-3-5-14(20)9-15)28-19-24-21-11-25(19)17-8-4-7-16(10-17)22-13(2)26/h3-12H,1-2H3,(H,22,26)(H,23,27). The van der Waals surface area contributed by atoms with Crippen LogP contribution in [-0.4, -0.2) is 31.8 Å². The van der Waals surface area contributed by atoms with Crippen LogP contribution in [0.25, 0.3) is 5.69 Å². The Morgan fingerprint density at radius 2 is 1.82 bits per heavy atom. The second-order valence-corrected chi connectivity index (χ2v) is 7.28. The molecule has 3 rings (SSSR count). The summed E-state index contributed by atoms with van der Waals surface area (Å²) < 4.78 is 15.0. The fourth-order valence-corrected chi connectivity index (χ4v) is 3.28. The maximum absolute atomic E-state index is 13.3. The van der Waals surface area contributed by atoms with E-state index in [2.05, 4.69) is 20.8 Å². The predicted octanol–water partition coefficient (Wildman–Crippen LogP) is 3.48. The molecule has 9 heteroatoms. The lowest BCUT2D eigenvalue weighted by Gasteiger charge is -2.13. The second-order valence-electron chi connectivity index (χ2n) is 5.97. The summed E-state index contributed by atoms with van der Waals surface area (Å²) in [6.45, 7) is 3.16. The van der Waals surface area contributed by atoms with Gasteiger partial charge in [-0.05, 0) is 43.3 Å². The largest absolute Gasteiger partial charge is 0.326 e. The average Bonchev–Trinajstić information content (AvgIpc) is 3.09. The van der Waals surface area contributed by atoms with E-state index < -0.39 is 11.1 Å². The predicted molar refractivity (Wildman–Crippen MR) is 106 cm³/mol. The number of carbonyl (C=O) groups is 2. The van der Waals surface area contributed by atoms with Crippen molar-refractivity contribution in [1.82, 2.24) is 14.8 Å². The van der Waals surface area contributed by atoms with Crippen molar-refractivity contribution in [2.24, 2.45) is 0 Å². The van der Waals surface area contributed by atoms with Gasteiger partial charge in [-0.15, -0.1) is 10.2 Å². The van der Waals surface area contributed by atoms with Crippen molar-refractivity contribution >= 4 is 35.0 Å². The normalized spacial score (nSPS) is 11.7. The molecule has 0 saturated heterocycles. The number of rotatable bonds is 6. The topological polar surface area (TPSA) is 88.9 Å². The van der Waals surface area contributed by atoms with Crippen LogP contribution in [0.4, 0.5) is 15.8 Å². The van der Waals surface area contributed by atoms with Gasteiger partial charge in [0, 0.05) is 18.3 Å². The zero-order valence-corrected chi connectivity index (χ0v) is 16.0. The van der Waals surface area contributed by atoms with Gasteiger partial charge in [-0.1, -0.05) is 23.9 Å². The second kappa shape index (κ2) is 8.66. The number of carbonyl (C=O) groups excluding carboxylic acids is 2. The molecule has 1 atom stereocenters. The molecular weight excluding hydrogens is 381 g/mol. The minimum absolute atomic E-state index is 0.168. The monoisotopic (exact) mass is 399 g/mol. The van der Waals surface area contributed by atoms with E-state index in [1.165, 1.54) is 43.2 Å². The molecule has 0 fully saturated rings. The Morgan fingerprint density at radius 1 is 1.11 bits per heavy atom. The Labute approximate surface area is 165 Å². The van der Waals surface area contributed by atoms with Crippen molar-refractivity contribution < 1.29 is 14.0 Å². The lowest BCUT2D eigenvalue weighted by atomic mass is 10.2. The van der Waals surface area contributed by atoms with Gasteiger partial charge in [0.05, 0.1) is 10.9 Å². The SMILES string of the molecule is CC(=O)Nc1cccc(-n2cnnc2SC(C)C(=O)Nc2cccc(F)c2)c1. The molecule has 0 aliphatic rings. The molecule has 0 aliphatic heterocycles. The summed E-state index contributed by atoms with van der Waals surface area (Å²) in [5, 5.41) is 13.4. The molecule has 144 valence electrons. The number of hydrogen-bond donors (Lipinski definition) is 2. The summed E-state index contributed by atoms with van der Waals surface area (Å²) in [5.74, 6) is -0.868. The Kier molecular flexibility index (Phi) is 6.05. The van der Waals surface area contributed by atoms with Crippen LogP contribution in [0.15, 0.2) is 60.0 Å². The molecule has 0 aliphatic carbocycles. The summed E-state index contributed by atoms with van der Waals surface area (Å²) in [5.41, 5.74) is 1.78. The first-order chi connectivity index (χ1) is 13.4. The van der Waals surface area contributed by atoms with Crippen molar-refractivity contribution in [1.29, 1.82) is 0 Å². The lowest BCUT2D eigenvalue weighted by molar-refractivity contribution is -0.115. The highest BCUT2D eigenvalue weighted by atomic mass is 32.2. The van der Waals surface area contributed by atoms with Crippen molar-refractivity contribution in [3.8, 4) is 5.69 Å². The summed E-state index contributed by atoms with van der Waals surface area (Å²) in [4.78, 5) is 23.7. The molecule has 2 N–H and O–H groups in total. The molecule has 28 heavy (non-hydrogen) atoms. The number of thioether (sulfide) groups is 1. The Balaban J connectivity index is 1.73.